The van der Waals surface area contributed by atoms with E-state index < -0.39 is 17.5 Å². The van der Waals surface area contributed by atoms with Crippen molar-refractivity contribution in [3.05, 3.63) is 47.5 Å². The summed E-state index contributed by atoms with van der Waals surface area (Å²) < 4.78 is 41.1. The van der Waals surface area contributed by atoms with Crippen LogP contribution in [0.5, 0.6) is 0 Å². The second-order valence-electron chi connectivity index (χ2n) is 4.53. The van der Waals surface area contributed by atoms with Gasteiger partial charge in [-0.05, 0) is 13.8 Å². The van der Waals surface area contributed by atoms with Crippen LogP contribution in [0.1, 0.15) is 25.5 Å². The van der Waals surface area contributed by atoms with Gasteiger partial charge in [0.05, 0.1) is 11.9 Å². The molecule has 19 heavy (non-hydrogen) atoms. The fourth-order valence-corrected chi connectivity index (χ4v) is 1.63. The highest BCUT2D eigenvalue weighted by atomic mass is 19.2. The lowest BCUT2D eigenvalue weighted by molar-refractivity contribution is 0.497. The smallest absolute Gasteiger partial charge is 0.182 e. The van der Waals surface area contributed by atoms with E-state index in [4.69, 9.17) is 0 Å². The van der Waals surface area contributed by atoms with Crippen molar-refractivity contribution in [1.82, 2.24) is 9.78 Å². The Bertz CT molecular complexity index is 579. The van der Waals surface area contributed by atoms with Crippen LogP contribution in [0.25, 0.3) is 0 Å². The molecule has 0 radical (unpaired) electrons. The van der Waals surface area contributed by atoms with Crippen molar-refractivity contribution < 1.29 is 13.2 Å². The summed E-state index contributed by atoms with van der Waals surface area (Å²) in [5, 5.41) is 6.78. The van der Waals surface area contributed by atoms with Crippen LogP contribution in [-0.2, 0) is 6.54 Å². The Morgan fingerprint density at radius 1 is 1.26 bits per heavy atom. The Morgan fingerprint density at radius 3 is 2.63 bits per heavy atom. The molecule has 0 bridgehead atoms. The van der Waals surface area contributed by atoms with E-state index in [1.165, 1.54) is 0 Å². The maximum Gasteiger partial charge on any atom is 0.182 e. The first-order chi connectivity index (χ1) is 8.97. The lowest BCUT2D eigenvalue weighted by Gasteiger charge is -2.07. The minimum Gasteiger partial charge on any atom is -0.378 e. The SMILES string of the molecule is CC(C)n1cc(CNc2cc(F)cc(F)c2F)cn1. The monoisotopic (exact) mass is 269 g/mol. The van der Waals surface area contributed by atoms with E-state index in [-0.39, 0.29) is 18.3 Å². The van der Waals surface area contributed by atoms with Gasteiger partial charge < -0.3 is 5.32 Å². The molecule has 1 heterocycles. The van der Waals surface area contributed by atoms with Crippen molar-refractivity contribution in [2.45, 2.75) is 26.4 Å². The first kappa shape index (κ1) is 13.5. The first-order valence-corrected chi connectivity index (χ1v) is 5.89. The molecule has 0 aliphatic heterocycles. The summed E-state index contributed by atoms with van der Waals surface area (Å²) in [7, 11) is 0. The van der Waals surface area contributed by atoms with E-state index in [0.29, 0.717) is 6.07 Å². The predicted octanol–water partition coefficient (Wildman–Crippen LogP) is 3.49. The minimum absolute atomic E-state index is 0.199. The molecule has 0 spiro atoms. The second-order valence-corrected chi connectivity index (χ2v) is 4.53. The Kier molecular flexibility index (Phi) is 3.78. The van der Waals surface area contributed by atoms with Gasteiger partial charge in [-0.15, -0.1) is 0 Å². The molecule has 1 aromatic heterocycles. The number of rotatable bonds is 4. The topological polar surface area (TPSA) is 29.9 Å². The predicted molar refractivity (Wildman–Crippen MR) is 66.3 cm³/mol. The first-order valence-electron chi connectivity index (χ1n) is 5.89. The molecule has 6 heteroatoms. The highest BCUT2D eigenvalue weighted by molar-refractivity contribution is 5.45. The number of halogens is 3. The van der Waals surface area contributed by atoms with Gasteiger partial charge in [0.2, 0.25) is 0 Å². The number of hydrogen-bond donors (Lipinski definition) is 1. The maximum atomic E-state index is 13.4. The van der Waals surface area contributed by atoms with Crippen LogP contribution in [0, 0.1) is 17.5 Å². The minimum atomic E-state index is -1.21. The molecule has 3 nitrogen and oxygen atoms in total. The zero-order chi connectivity index (χ0) is 14.0. The lowest BCUT2D eigenvalue weighted by Crippen LogP contribution is -2.03. The molecule has 0 unspecified atom stereocenters. The highest BCUT2D eigenvalue weighted by Gasteiger charge is 2.11. The zero-order valence-corrected chi connectivity index (χ0v) is 10.6. The summed E-state index contributed by atoms with van der Waals surface area (Å²) in [6.45, 7) is 4.20. The summed E-state index contributed by atoms with van der Waals surface area (Å²) >= 11 is 0. The quantitative estimate of drug-likeness (QED) is 0.861. The molecule has 2 aromatic rings. The number of hydrogen-bond acceptors (Lipinski definition) is 2. The van der Waals surface area contributed by atoms with Crippen LogP contribution in [-0.4, -0.2) is 9.78 Å². The van der Waals surface area contributed by atoms with Crippen molar-refractivity contribution in [1.29, 1.82) is 0 Å². The number of nitrogens with zero attached hydrogens (tertiary/aromatic N) is 2. The molecule has 0 saturated carbocycles. The lowest BCUT2D eigenvalue weighted by atomic mass is 10.2. The van der Waals surface area contributed by atoms with Gasteiger partial charge in [0.1, 0.15) is 5.82 Å². The third-order valence-corrected chi connectivity index (χ3v) is 2.66. The van der Waals surface area contributed by atoms with Crippen LogP contribution in [0.2, 0.25) is 0 Å². The molecule has 0 aliphatic carbocycles. The van der Waals surface area contributed by atoms with E-state index in [9.17, 15) is 13.2 Å². The molecule has 0 fully saturated rings. The molecular formula is C13H14F3N3. The summed E-state index contributed by atoms with van der Waals surface area (Å²) in [4.78, 5) is 0. The van der Waals surface area contributed by atoms with E-state index in [1.807, 2.05) is 13.8 Å². The number of benzene rings is 1. The van der Waals surface area contributed by atoms with Gasteiger partial charge in [0.25, 0.3) is 0 Å². The van der Waals surface area contributed by atoms with Gasteiger partial charge in [-0.25, -0.2) is 13.2 Å². The molecule has 2 rings (SSSR count). The molecule has 0 atom stereocenters. The largest absolute Gasteiger partial charge is 0.378 e. The summed E-state index contributed by atoms with van der Waals surface area (Å²) in [5.41, 5.74) is 0.604. The zero-order valence-electron chi connectivity index (χ0n) is 10.6. The molecule has 0 saturated heterocycles. The van der Waals surface area contributed by atoms with E-state index in [1.54, 1.807) is 17.1 Å². The average molecular weight is 269 g/mol. The van der Waals surface area contributed by atoms with E-state index in [0.717, 1.165) is 11.6 Å². The van der Waals surface area contributed by atoms with Crippen LogP contribution in [0.3, 0.4) is 0 Å². The van der Waals surface area contributed by atoms with Gasteiger partial charge in [0, 0.05) is 36.5 Å². The van der Waals surface area contributed by atoms with Crippen LogP contribution >= 0.6 is 0 Å². The van der Waals surface area contributed by atoms with Crippen LogP contribution in [0.15, 0.2) is 24.5 Å². The summed E-state index contributed by atoms with van der Waals surface area (Å²) in [6, 6.07) is 1.65. The molecular weight excluding hydrogens is 255 g/mol. The number of aromatic nitrogens is 2. The van der Waals surface area contributed by atoms with Gasteiger partial charge in [-0.3, -0.25) is 4.68 Å². The Morgan fingerprint density at radius 2 is 2.00 bits per heavy atom. The molecule has 102 valence electrons. The van der Waals surface area contributed by atoms with Crippen molar-refractivity contribution in [2.75, 3.05) is 5.32 Å². The molecule has 0 amide bonds. The van der Waals surface area contributed by atoms with E-state index in [2.05, 4.69) is 10.4 Å². The third kappa shape index (κ3) is 3.07. The van der Waals surface area contributed by atoms with Crippen molar-refractivity contribution in [3.63, 3.8) is 0 Å². The van der Waals surface area contributed by atoms with Crippen molar-refractivity contribution >= 4 is 5.69 Å². The van der Waals surface area contributed by atoms with Crippen molar-refractivity contribution in [2.24, 2.45) is 0 Å². The summed E-state index contributed by atoms with van der Waals surface area (Å²) in [5.74, 6) is -3.11. The van der Waals surface area contributed by atoms with Crippen LogP contribution in [0.4, 0.5) is 18.9 Å². The van der Waals surface area contributed by atoms with Gasteiger partial charge in [0.15, 0.2) is 11.6 Å². The highest BCUT2D eigenvalue weighted by Crippen LogP contribution is 2.20. The number of nitrogens with one attached hydrogen (secondary N) is 1. The summed E-state index contributed by atoms with van der Waals surface area (Å²) in [6.07, 6.45) is 3.42. The standard InChI is InChI=1S/C13H14F3N3/c1-8(2)19-7-9(6-18-19)5-17-12-4-10(14)3-11(15)13(12)16/h3-4,6-8,17H,5H2,1-2H3. The van der Waals surface area contributed by atoms with Gasteiger partial charge in [-0.1, -0.05) is 0 Å². The Labute approximate surface area is 109 Å². The van der Waals surface area contributed by atoms with Crippen LogP contribution < -0.4 is 5.32 Å². The Hall–Kier alpha value is -1.98. The average Bonchev–Trinajstić information content (AvgIpc) is 2.81. The molecule has 1 N–H and O–H groups in total. The normalized spacial score (nSPS) is 11.1. The Balaban J connectivity index is 2.10. The molecule has 1 aromatic carbocycles. The fourth-order valence-electron chi connectivity index (χ4n) is 1.63. The fraction of sp³-hybridized carbons (Fsp3) is 0.308. The molecule has 0 aliphatic rings. The van der Waals surface area contributed by atoms with Crippen molar-refractivity contribution in [3.8, 4) is 0 Å². The maximum absolute atomic E-state index is 13.4. The van der Waals surface area contributed by atoms with Gasteiger partial charge >= 0.3 is 0 Å². The second kappa shape index (κ2) is 5.34. The number of anilines is 1. The van der Waals surface area contributed by atoms with Gasteiger partial charge in [-0.2, -0.15) is 5.10 Å². The third-order valence-electron chi connectivity index (χ3n) is 2.66. The van der Waals surface area contributed by atoms with E-state index >= 15 is 0 Å².